The van der Waals surface area contributed by atoms with Crippen molar-refractivity contribution >= 4 is 29.2 Å². The quantitative estimate of drug-likeness (QED) is 0.622. The average Bonchev–Trinajstić information content (AvgIpc) is 3.28. The van der Waals surface area contributed by atoms with Crippen molar-refractivity contribution in [3.05, 3.63) is 64.4 Å². The Morgan fingerprint density at radius 3 is 2.59 bits per heavy atom. The van der Waals surface area contributed by atoms with E-state index < -0.39 is 0 Å². The van der Waals surface area contributed by atoms with Crippen molar-refractivity contribution in [2.75, 3.05) is 33.4 Å². The van der Waals surface area contributed by atoms with Gasteiger partial charge in [0, 0.05) is 43.6 Å². The van der Waals surface area contributed by atoms with Crippen LogP contribution in [0.5, 0.6) is 0 Å². The molecule has 0 bridgehead atoms. The van der Waals surface area contributed by atoms with Gasteiger partial charge < -0.3 is 14.5 Å². The normalized spacial score (nSPS) is 15.0. The van der Waals surface area contributed by atoms with Gasteiger partial charge in [-0.15, -0.1) is 11.3 Å². The Balaban J connectivity index is 1.53. The molecule has 2 amide bonds. The van der Waals surface area contributed by atoms with Gasteiger partial charge in [-0.3, -0.25) is 9.59 Å². The molecule has 154 valence electrons. The van der Waals surface area contributed by atoms with Gasteiger partial charge in [-0.05, 0) is 35.9 Å². The Hall–Kier alpha value is -2.44. The molecule has 2 aromatic rings. The van der Waals surface area contributed by atoms with E-state index in [0.29, 0.717) is 45.6 Å². The number of hydrogen-bond acceptors (Lipinski definition) is 4. The van der Waals surface area contributed by atoms with E-state index in [0.717, 1.165) is 5.56 Å². The first-order valence-electron chi connectivity index (χ1n) is 9.99. The van der Waals surface area contributed by atoms with Crippen molar-refractivity contribution in [3.8, 4) is 0 Å². The van der Waals surface area contributed by atoms with Gasteiger partial charge in [-0.2, -0.15) is 0 Å². The third-order valence-electron chi connectivity index (χ3n) is 5.18. The van der Waals surface area contributed by atoms with Crippen LogP contribution in [0.3, 0.4) is 0 Å². The molecular weight excluding hydrogens is 384 g/mol. The van der Waals surface area contributed by atoms with Crippen molar-refractivity contribution in [1.29, 1.82) is 0 Å². The fourth-order valence-corrected chi connectivity index (χ4v) is 4.22. The van der Waals surface area contributed by atoms with Crippen LogP contribution in [0.25, 0.3) is 6.08 Å². The predicted molar refractivity (Wildman–Crippen MR) is 116 cm³/mol. The summed E-state index contributed by atoms with van der Waals surface area (Å²) < 4.78 is 5.19. The fourth-order valence-electron chi connectivity index (χ4n) is 3.50. The number of carbonyl (C=O) groups is 2. The molecule has 1 fully saturated rings. The number of benzene rings is 1. The van der Waals surface area contributed by atoms with Crippen LogP contribution < -0.4 is 0 Å². The number of amides is 2. The smallest absolute Gasteiger partial charge is 0.246 e. The zero-order valence-corrected chi connectivity index (χ0v) is 17.6. The van der Waals surface area contributed by atoms with Gasteiger partial charge in [0.25, 0.3) is 0 Å². The first-order chi connectivity index (χ1) is 14.2. The minimum Gasteiger partial charge on any atom is -0.383 e. The molecule has 1 aromatic heterocycles. The van der Waals surface area contributed by atoms with Gasteiger partial charge in [-0.1, -0.05) is 36.4 Å². The molecule has 0 aliphatic carbocycles. The Kier molecular flexibility index (Phi) is 8.02. The molecule has 1 aliphatic heterocycles. The number of piperidine rings is 1. The van der Waals surface area contributed by atoms with Crippen LogP contribution in [0.1, 0.15) is 23.3 Å². The molecule has 0 unspecified atom stereocenters. The Bertz CT molecular complexity index is 797. The molecular formula is C23H28N2O3S. The molecule has 3 rings (SSSR count). The Morgan fingerprint density at radius 1 is 1.17 bits per heavy atom. The molecule has 2 heterocycles. The second-order valence-corrected chi connectivity index (χ2v) is 8.21. The maximum Gasteiger partial charge on any atom is 0.246 e. The van der Waals surface area contributed by atoms with Crippen LogP contribution in [0.15, 0.2) is 53.9 Å². The molecule has 0 spiro atoms. The van der Waals surface area contributed by atoms with Gasteiger partial charge in [0.15, 0.2) is 0 Å². The number of carbonyl (C=O) groups excluding carboxylic acids is 2. The maximum atomic E-state index is 13.1. The molecule has 1 aromatic carbocycles. The van der Waals surface area contributed by atoms with Crippen LogP contribution in [0, 0.1) is 5.92 Å². The van der Waals surface area contributed by atoms with Crippen LogP contribution in [0.4, 0.5) is 0 Å². The number of rotatable bonds is 8. The van der Waals surface area contributed by atoms with Crippen LogP contribution in [-0.4, -0.2) is 55.0 Å². The van der Waals surface area contributed by atoms with E-state index in [9.17, 15) is 9.59 Å². The number of likely N-dealkylation sites (tertiary alicyclic amines) is 1. The van der Waals surface area contributed by atoms with E-state index in [1.807, 2.05) is 57.7 Å². The summed E-state index contributed by atoms with van der Waals surface area (Å²) in [5, 5.41) is 2.03. The van der Waals surface area contributed by atoms with E-state index in [-0.39, 0.29) is 17.7 Å². The Labute approximate surface area is 176 Å². The van der Waals surface area contributed by atoms with Crippen LogP contribution in [-0.2, 0) is 20.9 Å². The second-order valence-electron chi connectivity index (χ2n) is 7.18. The third kappa shape index (κ3) is 6.27. The van der Waals surface area contributed by atoms with Gasteiger partial charge in [-0.25, -0.2) is 0 Å². The summed E-state index contributed by atoms with van der Waals surface area (Å²) >= 11 is 1.66. The number of ether oxygens (including phenoxy) is 1. The van der Waals surface area contributed by atoms with E-state index in [1.54, 1.807) is 24.5 Å². The highest BCUT2D eigenvalue weighted by molar-refractivity contribution is 7.09. The second kappa shape index (κ2) is 10.9. The molecule has 1 saturated heterocycles. The van der Waals surface area contributed by atoms with Gasteiger partial charge >= 0.3 is 0 Å². The standard InChI is InChI=1S/C23H28N2O3S/c1-28-16-15-25(18-21-8-5-17-29-21)23(27)20-11-13-24(14-12-20)22(26)10-9-19-6-3-2-4-7-19/h2-10,17,20H,11-16,18H2,1H3/b10-9+. The molecule has 5 nitrogen and oxygen atoms in total. The van der Waals surface area contributed by atoms with E-state index in [4.69, 9.17) is 4.74 Å². The fraction of sp³-hybridized carbons (Fsp3) is 0.391. The number of nitrogens with zero attached hydrogens (tertiary/aromatic N) is 2. The summed E-state index contributed by atoms with van der Waals surface area (Å²) in [7, 11) is 1.65. The lowest BCUT2D eigenvalue weighted by atomic mass is 9.95. The number of thiophene rings is 1. The average molecular weight is 413 g/mol. The summed E-state index contributed by atoms with van der Waals surface area (Å²) in [6.45, 7) is 2.97. The molecule has 0 atom stereocenters. The largest absolute Gasteiger partial charge is 0.383 e. The molecule has 1 aliphatic rings. The topological polar surface area (TPSA) is 49.9 Å². The highest BCUT2D eigenvalue weighted by Gasteiger charge is 2.29. The first kappa shape index (κ1) is 21.3. The highest BCUT2D eigenvalue weighted by atomic mass is 32.1. The summed E-state index contributed by atoms with van der Waals surface area (Å²) in [6.07, 6.45) is 4.88. The van der Waals surface area contributed by atoms with E-state index in [1.165, 1.54) is 4.88 Å². The highest BCUT2D eigenvalue weighted by Crippen LogP contribution is 2.22. The lowest BCUT2D eigenvalue weighted by Gasteiger charge is -2.33. The van der Waals surface area contributed by atoms with Crippen LogP contribution >= 0.6 is 11.3 Å². The van der Waals surface area contributed by atoms with Gasteiger partial charge in [0.1, 0.15) is 0 Å². The lowest BCUT2D eigenvalue weighted by Crippen LogP contribution is -2.44. The summed E-state index contributed by atoms with van der Waals surface area (Å²) in [6, 6.07) is 13.9. The van der Waals surface area contributed by atoms with Crippen molar-refractivity contribution in [3.63, 3.8) is 0 Å². The zero-order valence-electron chi connectivity index (χ0n) is 16.8. The molecule has 0 radical (unpaired) electrons. The predicted octanol–water partition coefficient (Wildman–Crippen LogP) is 3.68. The summed E-state index contributed by atoms with van der Waals surface area (Å²) in [5.41, 5.74) is 1.01. The van der Waals surface area contributed by atoms with Gasteiger partial charge in [0.2, 0.25) is 11.8 Å². The van der Waals surface area contributed by atoms with Crippen molar-refractivity contribution in [1.82, 2.24) is 9.80 Å². The maximum absolute atomic E-state index is 13.1. The number of methoxy groups -OCH3 is 1. The van der Waals surface area contributed by atoms with Crippen molar-refractivity contribution in [2.24, 2.45) is 5.92 Å². The summed E-state index contributed by atoms with van der Waals surface area (Å²) in [5.74, 6) is 0.144. The monoisotopic (exact) mass is 412 g/mol. The molecule has 29 heavy (non-hydrogen) atoms. The van der Waals surface area contributed by atoms with Gasteiger partial charge in [0.05, 0.1) is 13.2 Å². The minimum atomic E-state index is -0.0334. The summed E-state index contributed by atoms with van der Waals surface area (Å²) in [4.78, 5) is 30.4. The van der Waals surface area contributed by atoms with Crippen LogP contribution in [0.2, 0.25) is 0 Å². The zero-order chi connectivity index (χ0) is 20.5. The van der Waals surface area contributed by atoms with Crippen molar-refractivity contribution < 1.29 is 14.3 Å². The molecule has 0 saturated carbocycles. The lowest BCUT2D eigenvalue weighted by molar-refractivity contribution is -0.140. The van der Waals surface area contributed by atoms with E-state index in [2.05, 4.69) is 6.07 Å². The third-order valence-corrected chi connectivity index (χ3v) is 6.04. The Morgan fingerprint density at radius 2 is 1.93 bits per heavy atom. The van der Waals surface area contributed by atoms with Crippen molar-refractivity contribution in [2.45, 2.75) is 19.4 Å². The molecule has 6 heteroatoms. The molecule has 0 N–H and O–H groups in total. The SMILES string of the molecule is COCCN(Cc1cccs1)C(=O)C1CCN(C(=O)/C=C/c2ccccc2)CC1. The first-order valence-corrected chi connectivity index (χ1v) is 10.9. The van der Waals surface area contributed by atoms with E-state index >= 15 is 0 Å². The number of hydrogen-bond donors (Lipinski definition) is 0. The minimum absolute atomic E-state index is 0.00887.